The lowest BCUT2D eigenvalue weighted by Gasteiger charge is -2.14. The summed E-state index contributed by atoms with van der Waals surface area (Å²) in [6.07, 6.45) is -0.839. The topological polar surface area (TPSA) is 80.7 Å². The molecule has 0 spiro atoms. The minimum Gasteiger partial charge on any atom is -0.480 e. The van der Waals surface area contributed by atoms with E-state index in [1.807, 2.05) is 0 Å². The van der Waals surface area contributed by atoms with Gasteiger partial charge < -0.3 is 19.9 Å². The molecule has 0 radical (unpaired) electrons. The summed E-state index contributed by atoms with van der Waals surface area (Å²) >= 11 is 11.8. The predicted octanol–water partition coefficient (Wildman–Crippen LogP) is 3.33. The van der Waals surface area contributed by atoms with Crippen molar-refractivity contribution in [3.8, 4) is 5.88 Å². The van der Waals surface area contributed by atoms with Gasteiger partial charge in [0, 0.05) is 16.6 Å². The first kappa shape index (κ1) is 18.3. The number of carbonyl (C=O) groups excluding carboxylic acids is 1. The van der Waals surface area contributed by atoms with Gasteiger partial charge in [-0.2, -0.15) is 4.98 Å². The van der Waals surface area contributed by atoms with Crippen LogP contribution in [0.25, 0.3) is 0 Å². The van der Waals surface area contributed by atoms with Crippen LogP contribution >= 0.6 is 23.2 Å². The van der Waals surface area contributed by atoms with Gasteiger partial charge in [-0.1, -0.05) is 23.2 Å². The molecule has 6 nitrogen and oxygen atoms in total. The number of pyridine rings is 1. The van der Waals surface area contributed by atoms with Gasteiger partial charge in [0.25, 0.3) is 0 Å². The van der Waals surface area contributed by atoms with Gasteiger partial charge in [0.1, 0.15) is 11.4 Å². The van der Waals surface area contributed by atoms with E-state index in [0.29, 0.717) is 21.4 Å². The van der Waals surface area contributed by atoms with Crippen LogP contribution in [0.5, 0.6) is 5.88 Å². The molecular weight excluding hydrogens is 355 g/mol. The van der Waals surface area contributed by atoms with Crippen LogP contribution in [-0.2, 0) is 4.74 Å². The second-order valence-corrected chi connectivity index (χ2v) is 5.72. The Balaban J connectivity index is 2.09. The standard InChI is InChI=1S/C16H16Cl2N2O4/c1-23-15-12(16(22)24-2)3-4-14(20-15)19-8-13(21)9-5-10(17)7-11(18)6-9/h3-7,13,21H,8H2,1-2H3,(H,19,20). The molecule has 2 rings (SSSR count). The number of benzene rings is 1. The maximum atomic E-state index is 11.6. The van der Waals surface area contributed by atoms with Gasteiger partial charge in [-0.3, -0.25) is 0 Å². The maximum absolute atomic E-state index is 11.6. The summed E-state index contributed by atoms with van der Waals surface area (Å²) in [6.45, 7) is 0.171. The molecule has 128 valence electrons. The number of esters is 1. The van der Waals surface area contributed by atoms with E-state index in [1.54, 1.807) is 24.3 Å². The molecule has 1 aromatic carbocycles. The first-order valence-corrected chi connectivity index (χ1v) is 7.71. The Morgan fingerprint density at radius 2 is 1.92 bits per heavy atom. The summed E-state index contributed by atoms with van der Waals surface area (Å²) in [5, 5.41) is 14.1. The molecule has 1 heterocycles. The van der Waals surface area contributed by atoms with Gasteiger partial charge in [0.2, 0.25) is 5.88 Å². The van der Waals surface area contributed by atoms with Crippen LogP contribution in [0.15, 0.2) is 30.3 Å². The second-order valence-electron chi connectivity index (χ2n) is 4.84. The van der Waals surface area contributed by atoms with Gasteiger partial charge in [-0.05, 0) is 35.9 Å². The number of anilines is 1. The van der Waals surface area contributed by atoms with Gasteiger partial charge in [0.15, 0.2) is 0 Å². The predicted molar refractivity (Wildman–Crippen MR) is 92.0 cm³/mol. The molecule has 0 aliphatic carbocycles. The van der Waals surface area contributed by atoms with E-state index in [-0.39, 0.29) is 18.0 Å². The molecule has 0 aliphatic heterocycles. The fraction of sp³-hybridized carbons (Fsp3) is 0.250. The lowest BCUT2D eigenvalue weighted by atomic mass is 10.1. The molecule has 1 aromatic heterocycles. The number of nitrogens with zero attached hydrogens (tertiary/aromatic N) is 1. The number of methoxy groups -OCH3 is 2. The highest BCUT2D eigenvalue weighted by molar-refractivity contribution is 6.34. The smallest absolute Gasteiger partial charge is 0.343 e. The van der Waals surface area contributed by atoms with Crippen molar-refractivity contribution in [1.29, 1.82) is 0 Å². The number of hydrogen-bond donors (Lipinski definition) is 2. The monoisotopic (exact) mass is 370 g/mol. The Kier molecular flexibility index (Phi) is 6.25. The molecule has 8 heteroatoms. The lowest BCUT2D eigenvalue weighted by molar-refractivity contribution is 0.0596. The summed E-state index contributed by atoms with van der Waals surface area (Å²) in [6, 6.07) is 7.97. The van der Waals surface area contributed by atoms with E-state index in [4.69, 9.17) is 27.9 Å². The molecule has 1 atom stereocenters. The molecule has 2 N–H and O–H groups in total. The maximum Gasteiger partial charge on any atom is 0.343 e. The Bertz CT molecular complexity index is 720. The zero-order chi connectivity index (χ0) is 17.7. The Morgan fingerprint density at radius 3 is 2.50 bits per heavy atom. The van der Waals surface area contributed by atoms with Crippen molar-refractivity contribution in [3.05, 3.63) is 51.5 Å². The van der Waals surface area contributed by atoms with Crippen molar-refractivity contribution in [2.75, 3.05) is 26.1 Å². The minimum atomic E-state index is -0.839. The molecule has 0 saturated heterocycles. The highest BCUT2D eigenvalue weighted by Gasteiger charge is 2.15. The fourth-order valence-corrected chi connectivity index (χ4v) is 2.59. The Morgan fingerprint density at radius 1 is 1.25 bits per heavy atom. The van der Waals surface area contributed by atoms with E-state index in [9.17, 15) is 9.90 Å². The molecule has 0 fully saturated rings. The zero-order valence-electron chi connectivity index (χ0n) is 13.0. The highest BCUT2D eigenvalue weighted by Crippen LogP contribution is 2.24. The third-order valence-corrected chi connectivity index (χ3v) is 3.64. The largest absolute Gasteiger partial charge is 0.480 e. The average molecular weight is 371 g/mol. The molecule has 2 aromatic rings. The summed E-state index contributed by atoms with van der Waals surface area (Å²) in [5.74, 6) is 0.0262. The van der Waals surface area contributed by atoms with E-state index >= 15 is 0 Å². The number of aliphatic hydroxyl groups is 1. The molecule has 0 amide bonds. The number of halogens is 2. The number of nitrogens with one attached hydrogen (secondary N) is 1. The van der Waals surface area contributed by atoms with Gasteiger partial charge in [-0.15, -0.1) is 0 Å². The van der Waals surface area contributed by atoms with Crippen molar-refractivity contribution >= 4 is 35.0 Å². The van der Waals surface area contributed by atoms with Crippen molar-refractivity contribution < 1.29 is 19.4 Å². The average Bonchev–Trinajstić information content (AvgIpc) is 2.57. The minimum absolute atomic E-state index is 0.132. The number of aliphatic hydroxyl groups excluding tert-OH is 1. The first-order valence-electron chi connectivity index (χ1n) is 6.96. The number of rotatable bonds is 6. The number of ether oxygens (including phenoxy) is 2. The molecule has 24 heavy (non-hydrogen) atoms. The van der Waals surface area contributed by atoms with Crippen LogP contribution in [-0.4, -0.2) is 36.8 Å². The SMILES string of the molecule is COC(=O)c1ccc(NCC(O)c2cc(Cl)cc(Cl)c2)nc1OC. The van der Waals surface area contributed by atoms with Crippen LogP contribution in [0, 0.1) is 0 Å². The third-order valence-electron chi connectivity index (χ3n) is 3.21. The van der Waals surface area contributed by atoms with Gasteiger partial charge >= 0.3 is 5.97 Å². The van der Waals surface area contributed by atoms with Crippen LogP contribution in [0.4, 0.5) is 5.82 Å². The van der Waals surface area contributed by atoms with E-state index in [1.165, 1.54) is 20.3 Å². The Labute approximate surface area is 149 Å². The fourth-order valence-electron chi connectivity index (χ4n) is 2.05. The summed E-state index contributed by atoms with van der Waals surface area (Å²) < 4.78 is 9.74. The van der Waals surface area contributed by atoms with Crippen molar-refractivity contribution in [2.24, 2.45) is 0 Å². The molecule has 0 aliphatic rings. The quantitative estimate of drug-likeness (QED) is 0.759. The molecule has 1 unspecified atom stereocenters. The van der Waals surface area contributed by atoms with Crippen LogP contribution in [0.1, 0.15) is 22.0 Å². The second kappa shape index (κ2) is 8.19. The van der Waals surface area contributed by atoms with Crippen LogP contribution in [0.2, 0.25) is 10.0 Å². The number of hydrogen-bond acceptors (Lipinski definition) is 6. The zero-order valence-corrected chi connectivity index (χ0v) is 14.6. The highest BCUT2D eigenvalue weighted by atomic mass is 35.5. The summed E-state index contributed by atoms with van der Waals surface area (Å²) in [5.41, 5.74) is 0.797. The van der Waals surface area contributed by atoms with Crippen molar-refractivity contribution in [3.63, 3.8) is 0 Å². The molecule has 0 bridgehead atoms. The van der Waals surface area contributed by atoms with Crippen molar-refractivity contribution in [2.45, 2.75) is 6.10 Å². The molecular formula is C16H16Cl2N2O4. The normalized spacial score (nSPS) is 11.7. The summed E-state index contributed by atoms with van der Waals surface area (Å²) in [4.78, 5) is 15.8. The van der Waals surface area contributed by atoms with E-state index in [2.05, 4.69) is 15.0 Å². The number of carbonyl (C=O) groups is 1. The van der Waals surface area contributed by atoms with E-state index in [0.717, 1.165) is 0 Å². The van der Waals surface area contributed by atoms with Crippen molar-refractivity contribution in [1.82, 2.24) is 4.98 Å². The Hall–Kier alpha value is -2.02. The van der Waals surface area contributed by atoms with Gasteiger partial charge in [0.05, 0.1) is 20.3 Å². The number of aromatic nitrogens is 1. The van der Waals surface area contributed by atoms with Crippen LogP contribution in [0.3, 0.4) is 0 Å². The lowest BCUT2D eigenvalue weighted by Crippen LogP contribution is -2.14. The first-order chi connectivity index (χ1) is 11.4. The summed E-state index contributed by atoms with van der Waals surface area (Å²) in [7, 11) is 2.68. The third kappa shape index (κ3) is 4.50. The molecule has 0 saturated carbocycles. The van der Waals surface area contributed by atoms with Crippen LogP contribution < -0.4 is 10.1 Å². The van der Waals surface area contributed by atoms with Gasteiger partial charge in [-0.25, -0.2) is 4.79 Å². The van der Waals surface area contributed by atoms with E-state index < -0.39 is 12.1 Å².